The third-order valence-electron chi connectivity index (χ3n) is 1.10. The topological polar surface area (TPSA) is 12.9 Å². The second-order valence-electron chi connectivity index (χ2n) is 2.17. The Kier molecular flexibility index (Phi) is 2.09. The molecule has 0 aliphatic heterocycles. The lowest BCUT2D eigenvalue weighted by Gasteiger charge is -1.97. The molecule has 0 N–H and O–H groups in total. The van der Waals surface area contributed by atoms with Crippen LogP contribution in [-0.4, -0.2) is 4.98 Å². The highest BCUT2D eigenvalue weighted by atomic mass is 35.5. The SMILES string of the molecule is CC(C)c1ncsc1Cl. The van der Waals surface area contributed by atoms with E-state index in [0.29, 0.717) is 5.92 Å². The standard InChI is InChI=1S/C6H8ClNS/c1-4(2)5-6(7)9-3-8-5/h3-4H,1-2H3. The van der Waals surface area contributed by atoms with Gasteiger partial charge in [0, 0.05) is 0 Å². The molecule has 0 atom stereocenters. The molecule has 1 aromatic heterocycles. The molecule has 0 radical (unpaired) electrons. The van der Waals surface area contributed by atoms with E-state index >= 15 is 0 Å². The van der Waals surface area contributed by atoms with Crippen LogP contribution >= 0.6 is 22.9 Å². The Morgan fingerprint density at radius 3 is 2.56 bits per heavy atom. The minimum absolute atomic E-state index is 0.448. The molecule has 1 heterocycles. The molecular weight excluding hydrogens is 154 g/mol. The van der Waals surface area contributed by atoms with Gasteiger partial charge in [-0.1, -0.05) is 25.4 Å². The van der Waals surface area contributed by atoms with Gasteiger partial charge in [-0.2, -0.15) is 0 Å². The predicted octanol–water partition coefficient (Wildman–Crippen LogP) is 2.92. The maximum atomic E-state index is 5.79. The van der Waals surface area contributed by atoms with Crippen LogP contribution in [0.5, 0.6) is 0 Å². The van der Waals surface area contributed by atoms with Crippen LogP contribution in [0, 0.1) is 0 Å². The molecule has 0 unspecified atom stereocenters. The van der Waals surface area contributed by atoms with Gasteiger partial charge >= 0.3 is 0 Å². The van der Waals surface area contributed by atoms with E-state index in [0.717, 1.165) is 10.0 Å². The fraction of sp³-hybridized carbons (Fsp3) is 0.500. The first kappa shape index (κ1) is 7.03. The maximum Gasteiger partial charge on any atom is 0.116 e. The molecular formula is C6H8ClNS. The van der Waals surface area contributed by atoms with E-state index in [1.807, 2.05) is 0 Å². The summed E-state index contributed by atoms with van der Waals surface area (Å²) in [4.78, 5) is 4.10. The van der Waals surface area contributed by atoms with Gasteiger partial charge in [0.15, 0.2) is 0 Å². The van der Waals surface area contributed by atoms with Crippen molar-refractivity contribution in [2.75, 3.05) is 0 Å². The first-order chi connectivity index (χ1) is 4.22. The van der Waals surface area contributed by atoms with Crippen LogP contribution in [0.15, 0.2) is 5.51 Å². The lowest BCUT2D eigenvalue weighted by Crippen LogP contribution is -1.85. The summed E-state index contributed by atoms with van der Waals surface area (Å²) in [6, 6.07) is 0. The third-order valence-corrected chi connectivity index (χ3v) is 2.18. The van der Waals surface area contributed by atoms with Gasteiger partial charge < -0.3 is 0 Å². The molecule has 0 aliphatic carbocycles. The van der Waals surface area contributed by atoms with E-state index in [4.69, 9.17) is 11.6 Å². The van der Waals surface area contributed by atoms with E-state index in [2.05, 4.69) is 18.8 Å². The van der Waals surface area contributed by atoms with E-state index in [1.165, 1.54) is 11.3 Å². The van der Waals surface area contributed by atoms with Crippen molar-refractivity contribution in [2.24, 2.45) is 0 Å². The molecule has 0 aromatic carbocycles. The molecule has 0 spiro atoms. The normalized spacial score (nSPS) is 10.7. The van der Waals surface area contributed by atoms with Gasteiger partial charge in [-0.05, 0) is 5.92 Å². The zero-order valence-corrected chi connectivity index (χ0v) is 6.96. The van der Waals surface area contributed by atoms with Crippen LogP contribution < -0.4 is 0 Å². The summed E-state index contributed by atoms with van der Waals surface area (Å²) in [6.07, 6.45) is 0. The summed E-state index contributed by atoms with van der Waals surface area (Å²) in [6.45, 7) is 4.17. The number of hydrogen-bond acceptors (Lipinski definition) is 2. The Morgan fingerprint density at radius 2 is 2.33 bits per heavy atom. The molecule has 0 bridgehead atoms. The fourth-order valence-electron chi connectivity index (χ4n) is 0.617. The first-order valence-electron chi connectivity index (χ1n) is 2.80. The Hall–Kier alpha value is -0.0800. The van der Waals surface area contributed by atoms with Crippen molar-refractivity contribution in [2.45, 2.75) is 19.8 Å². The summed E-state index contributed by atoms with van der Waals surface area (Å²) in [5.74, 6) is 0.448. The van der Waals surface area contributed by atoms with Crippen molar-refractivity contribution in [1.82, 2.24) is 4.98 Å². The van der Waals surface area contributed by atoms with Crippen LogP contribution in [0.25, 0.3) is 0 Å². The molecule has 1 nitrogen and oxygen atoms in total. The van der Waals surface area contributed by atoms with Gasteiger partial charge in [0.25, 0.3) is 0 Å². The third kappa shape index (κ3) is 1.43. The average Bonchev–Trinajstić information content (AvgIpc) is 2.13. The smallest absolute Gasteiger partial charge is 0.116 e. The van der Waals surface area contributed by atoms with Gasteiger partial charge in [-0.25, -0.2) is 4.98 Å². The second kappa shape index (κ2) is 2.67. The lowest BCUT2D eigenvalue weighted by atomic mass is 10.2. The quantitative estimate of drug-likeness (QED) is 0.617. The van der Waals surface area contributed by atoms with E-state index in [9.17, 15) is 0 Å². The Labute approximate surface area is 63.7 Å². The van der Waals surface area contributed by atoms with Crippen molar-refractivity contribution in [3.8, 4) is 0 Å². The predicted molar refractivity (Wildman–Crippen MR) is 41.2 cm³/mol. The molecule has 0 fully saturated rings. The Bertz CT molecular complexity index is 195. The number of aromatic nitrogens is 1. The monoisotopic (exact) mass is 161 g/mol. The fourth-order valence-corrected chi connectivity index (χ4v) is 1.67. The largest absolute Gasteiger partial charge is 0.248 e. The number of thiazole rings is 1. The lowest BCUT2D eigenvalue weighted by molar-refractivity contribution is 0.833. The van der Waals surface area contributed by atoms with Crippen LogP contribution in [0.4, 0.5) is 0 Å². The summed E-state index contributed by atoms with van der Waals surface area (Å²) in [5, 5.41) is 0. The Balaban J connectivity index is 2.94. The van der Waals surface area contributed by atoms with Gasteiger partial charge in [0.1, 0.15) is 4.34 Å². The Morgan fingerprint density at radius 1 is 1.67 bits per heavy atom. The van der Waals surface area contributed by atoms with Crippen LogP contribution in [0.3, 0.4) is 0 Å². The molecule has 1 rings (SSSR count). The molecule has 3 heteroatoms. The molecule has 0 saturated carbocycles. The molecule has 0 saturated heterocycles. The van der Waals surface area contributed by atoms with E-state index < -0.39 is 0 Å². The molecule has 9 heavy (non-hydrogen) atoms. The molecule has 50 valence electrons. The van der Waals surface area contributed by atoms with E-state index in [-0.39, 0.29) is 0 Å². The minimum atomic E-state index is 0.448. The highest BCUT2D eigenvalue weighted by Gasteiger charge is 2.05. The van der Waals surface area contributed by atoms with Gasteiger partial charge in [0.2, 0.25) is 0 Å². The minimum Gasteiger partial charge on any atom is -0.248 e. The molecule has 0 amide bonds. The number of halogens is 1. The number of rotatable bonds is 1. The van der Waals surface area contributed by atoms with Crippen LogP contribution in [-0.2, 0) is 0 Å². The van der Waals surface area contributed by atoms with Gasteiger partial charge in [-0.3, -0.25) is 0 Å². The zero-order chi connectivity index (χ0) is 6.85. The van der Waals surface area contributed by atoms with Crippen molar-refractivity contribution >= 4 is 22.9 Å². The molecule has 1 aromatic rings. The summed E-state index contributed by atoms with van der Waals surface area (Å²) in [5.41, 5.74) is 2.79. The van der Waals surface area contributed by atoms with Crippen LogP contribution in [0.1, 0.15) is 25.5 Å². The maximum absolute atomic E-state index is 5.79. The van der Waals surface area contributed by atoms with E-state index in [1.54, 1.807) is 5.51 Å². The van der Waals surface area contributed by atoms with Crippen molar-refractivity contribution in [1.29, 1.82) is 0 Å². The number of nitrogens with zero attached hydrogens (tertiary/aromatic N) is 1. The highest BCUT2D eigenvalue weighted by Crippen LogP contribution is 2.25. The second-order valence-corrected chi connectivity index (χ2v) is 3.62. The molecule has 0 aliphatic rings. The summed E-state index contributed by atoms with van der Waals surface area (Å²) >= 11 is 7.28. The summed E-state index contributed by atoms with van der Waals surface area (Å²) < 4.78 is 0.824. The zero-order valence-electron chi connectivity index (χ0n) is 5.39. The first-order valence-corrected chi connectivity index (χ1v) is 4.06. The van der Waals surface area contributed by atoms with Crippen LogP contribution in [0.2, 0.25) is 4.34 Å². The number of hydrogen-bond donors (Lipinski definition) is 0. The summed E-state index contributed by atoms with van der Waals surface area (Å²) in [7, 11) is 0. The van der Waals surface area contributed by atoms with Crippen molar-refractivity contribution < 1.29 is 0 Å². The highest BCUT2D eigenvalue weighted by molar-refractivity contribution is 7.14. The van der Waals surface area contributed by atoms with Crippen molar-refractivity contribution in [3.63, 3.8) is 0 Å². The van der Waals surface area contributed by atoms with Gasteiger partial charge in [0.05, 0.1) is 11.2 Å². The van der Waals surface area contributed by atoms with Crippen molar-refractivity contribution in [3.05, 3.63) is 15.5 Å². The average molecular weight is 162 g/mol. The van der Waals surface area contributed by atoms with Gasteiger partial charge in [-0.15, -0.1) is 11.3 Å².